The number of amides is 1. The molecule has 5 heteroatoms. The number of methoxy groups -OCH3 is 2. The van der Waals surface area contributed by atoms with Crippen LogP contribution in [0.3, 0.4) is 0 Å². The van der Waals surface area contributed by atoms with Gasteiger partial charge in [0.2, 0.25) is 5.91 Å². The molecule has 4 aromatic rings. The van der Waals surface area contributed by atoms with Crippen molar-refractivity contribution in [3.8, 4) is 11.5 Å². The fourth-order valence-corrected chi connectivity index (χ4v) is 3.81. The van der Waals surface area contributed by atoms with Crippen LogP contribution in [0.15, 0.2) is 83.5 Å². The Hall–Kier alpha value is -3.73. The number of hydrogen-bond acceptors (Lipinski definition) is 4. The van der Waals surface area contributed by atoms with Gasteiger partial charge in [-0.2, -0.15) is 0 Å². The van der Waals surface area contributed by atoms with E-state index in [0.717, 1.165) is 27.7 Å². The standard InChI is InChI=1S/C26H25NO4/c1-17(18-12-13-22-19(16-18)14-15-31-22)26(28)27-25(20-8-4-6-10-23(20)29-2)21-9-5-7-11-24(21)30-3/h4-17,25H,1-3H3,(H,27,28)/t17-/m1/s1. The maximum absolute atomic E-state index is 13.4. The van der Waals surface area contributed by atoms with Gasteiger partial charge >= 0.3 is 0 Å². The van der Waals surface area contributed by atoms with Crippen LogP contribution in [-0.4, -0.2) is 20.1 Å². The summed E-state index contributed by atoms with van der Waals surface area (Å²) < 4.78 is 16.6. The number of carbonyl (C=O) groups excluding carboxylic acids is 1. The van der Waals surface area contributed by atoms with Gasteiger partial charge in [0.25, 0.3) is 0 Å². The lowest BCUT2D eigenvalue weighted by molar-refractivity contribution is -0.122. The van der Waals surface area contributed by atoms with Gasteiger partial charge in [0.05, 0.1) is 32.4 Å². The van der Waals surface area contributed by atoms with E-state index in [1.165, 1.54) is 0 Å². The van der Waals surface area contributed by atoms with Gasteiger partial charge in [0.15, 0.2) is 0 Å². The molecule has 0 aliphatic rings. The van der Waals surface area contributed by atoms with Crippen LogP contribution < -0.4 is 14.8 Å². The van der Waals surface area contributed by atoms with Crippen molar-refractivity contribution >= 4 is 16.9 Å². The molecule has 1 atom stereocenters. The van der Waals surface area contributed by atoms with Crippen molar-refractivity contribution in [2.45, 2.75) is 18.9 Å². The molecule has 0 aliphatic carbocycles. The van der Waals surface area contributed by atoms with E-state index in [-0.39, 0.29) is 11.8 Å². The summed E-state index contributed by atoms with van der Waals surface area (Å²) in [7, 11) is 3.26. The van der Waals surface area contributed by atoms with Gasteiger partial charge in [-0.3, -0.25) is 4.79 Å². The molecule has 5 nitrogen and oxygen atoms in total. The van der Waals surface area contributed by atoms with Crippen molar-refractivity contribution in [3.05, 3.63) is 95.7 Å². The van der Waals surface area contributed by atoms with E-state index < -0.39 is 6.04 Å². The summed E-state index contributed by atoms with van der Waals surface area (Å²) in [6.45, 7) is 1.90. The SMILES string of the molecule is COc1ccccc1C(NC(=O)[C@H](C)c1ccc2occc2c1)c1ccccc1OC. The number of fused-ring (bicyclic) bond motifs is 1. The first-order chi connectivity index (χ1) is 15.1. The lowest BCUT2D eigenvalue weighted by atomic mass is 9.94. The summed E-state index contributed by atoms with van der Waals surface area (Å²) in [5.41, 5.74) is 3.45. The zero-order valence-corrected chi connectivity index (χ0v) is 17.8. The van der Waals surface area contributed by atoms with E-state index in [9.17, 15) is 4.79 Å². The second-order valence-electron chi connectivity index (χ2n) is 7.37. The van der Waals surface area contributed by atoms with Crippen LogP contribution in [0.2, 0.25) is 0 Å². The van der Waals surface area contributed by atoms with Crippen molar-refractivity contribution in [1.29, 1.82) is 0 Å². The fourth-order valence-electron chi connectivity index (χ4n) is 3.81. The fraction of sp³-hybridized carbons (Fsp3) is 0.192. The lowest BCUT2D eigenvalue weighted by Gasteiger charge is -2.25. The highest BCUT2D eigenvalue weighted by Gasteiger charge is 2.26. The van der Waals surface area contributed by atoms with Gasteiger partial charge in [0, 0.05) is 16.5 Å². The number of benzene rings is 3. The summed E-state index contributed by atoms with van der Waals surface area (Å²) in [6.07, 6.45) is 1.65. The molecule has 0 unspecified atom stereocenters. The maximum atomic E-state index is 13.4. The number of furan rings is 1. The molecular weight excluding hydrogens is 390 g/mol. The van der Waals surface area contributed by atoms with Gasteiger partial charge in [-0.05, 0) is 42.8 Å². The first-order valence-electron chi connectivity index (χ1n) is 10.2. The highest BCUT2D eigenvalue weighted by Crippen LogP contribution is 2.35. The van der Waals surface area contributed by atoms with Crippen LogP contribution in [0.5, 0.6) is 11.5 Å². The van der Waals surface area contributed by atoms with Crippen molar-refractivity contribution in [2.24, 2.45) is 0 Å². The topological polar surface area (TPSA) is 60.7 Å². The van der Waals surface area contributed by atoms with Crippen LogP contribution in [0.25, 0.3) is 11.0 Å². The number of hydrogen-bond donors (Lipinski definition) is 1. The van der Waals surface area contributed by atoms with Crippen LogP contribution in [0.1, 0.15) is 35.6 Å². The monoisotopic (exact) mass is 415 g/mol. The molecule has 0 aliphatic heterocycles. The molecule has 1 N–H and O–H groups in total. The number of rotatable bonds is 7. The van der Waals surface area contributed by atoms with E-state index in [4.69, 9.17) is 13.9 Å². The third-order valence-electron chi connectivity index (χ3n) is 5.56. The molecule has 4 rings (SSSR count). The van der Waals surface area contributed by atoms with Gasteiger partial charge in [-0.1, -0.05) is 42.5 Å². The number of carbonyl (C=O) groups is 1. The summed E-state index contributed by atoms with van der Waals surface area (Å²) in [6, 6.07) is 22.7. The van der Waals surface area contributed by atoms with Gasteiger partial charge < -0.3 is 19.2 Å². The highest BCUT2D eigenvalue weighted by atomic mass is 16.5. The highest BCUT2D eigenvalue weighted by molar-refractivity contribution is 5.86. The maximum Gasteiger partial charge on any atom is 0.228 e. The molecule has 31 heavy (non-hydrogen) atoms. The summed E-state index contributed by atoms with van der Waals surface area (Å²) in [4.78, 5) is 13.4. The predicted molar refractivity (Wildman–Crippen MR) is 121 cm³/mol. The van der Waals surface area contributed by atoms with Crippen LogP contribution in [-0.2, 0) is 4.79 Å². The largest absolute Gasteiger partial charge is 0.496 e. The molecule has 1 heterocycles. The minimum absolute atomic E-state index is 0.0929. The van der Waals surface area contributed by atoms with Crippen LogP contribution in [0.4, 0.5) is 0 Å². The van der Waals surface area contributed by atoms with E-state index >= 15 is 0 Å². The van der Waals surface area contributed by atoms with E-state index in [0.29, 0.717) is 11.5 Å². The Morgan fingerprint density at radius 2 is 1.48 bits per heavy atom. The quantitative estimate of drug-likeness (QED) is 0.435. The van der Waals surface area contributed by atoms with Crippen molar-refractivity contribution in [2.75, 3.05) is 14.2 Å². The molecule has 0 spiro atoms. The summed E-state index contributed by atoms with van der Waals surface area (Å²) in [5.74, 6) is 0.952. The molecule has 0 saturated heterocycles. The first kappa shape index (κ1) is 20.5. The Labute approximate surface area is 181 Å². The first-order valence-corrected chi connectivity index (χ1v) is 10.2. The van der Waals surface area contributed by atoms with Gasteiger partial charge in [-0.25, -0.2) is 0 Å². The Kier molecular flexibility index (Phi) is 5.94. The molecule has 0 saturated carbocycles. The number of nitrogens with one attached hydrogen (secondary N) is 1. The average molecular weight is 415 g/mol. The van der Waals surface area contributed by atoms with Crippen molar-refractivity contribution < 1.29 is 18.7 Å². The van der Waals surface area contributed by atoms with Crippen LogP contribution in [0, 0.1) is 0 Å². The minimum atomic E-state index is -0.431. The third kappa shape index (κ3) is 4.12. The molecule has 0 fully saturated rings. The van der Waals surface area contributed by atoms with Crippen molar-refractivity contribution in [3.63, 3.8) is 0 Å². The molecule has 1 amide bonds. The summed E-state index contributed by atoms with van der Waals surface area (Å²) in [5, 5.41) is 4.19. The smallest absolute Gasteiger partial charge is 0.228 e. The molecule has 158 valence electrons. The van der Waals surface area contributed by atoms with Crippen molar-refractivity contribution in [1.82, 2.24) is 5.32 Å². The van der Waals surface area contributed by atoms with Gasteiger partial charge in [0.1, 0.15) is 17.1 Å². The summed E-state index contributed by atoms with van der Waals surface area (Å²) >= 11 is 0. The second kappa shape index (κ2) is 8.96. The normalized spacial score (nSPS) is 12.0. The Bertz CT molecular complexity index is 1150. The molecule has 1 aromatic heterocycles. The Morgan fingerprint density at radius 3 is 2.10 bits per heavy atom. The lowest BCUT2D eigenvalue weighted by Crippen LogP contribution is -2.33. The zero-order valence-electron chi connectivity index (χ0n) is 17.8. The van der Waals surface area contributed by atoms with E-state index in [1.807, 2.05) is 79.7 Å². The second-order valence-corrected chi connectivity index (χ2v) is 7.37. The average Bonchev–Trinajstić information content (AvgIpc) is 3.30. The van der Waals surface area contributed by atoms with Gasteiger partial charge in [-0.15, -0.1) is 0 Å². The minimum Gasteiger partial charge on any atom is -0.496 e. The number of para-hydroxylation sites is 2. The Balaban J connectivity index is 1.70. The van der Waals surface area contributed by atoms with Crippen LogP contribution >= 0.6 is 0 Å². The Morgan fingerprint density at radius 1 is 0.871 bits per heavy atom. The molecular formula is C26H25NO4. The van der Waals surface area contributed by atoms with E-state index in [2.05, 4.69) is 5.32 Å². The number of ether oxygens (including phenoxy) is 2. The predicted octanol–water partition coefficient (Wildman–Crippen LogP) is 5.46. The third-order valence-corrected chi connectivity index (χ3v) is 5.56. The molecule has 0 radical (unpaired) electrons. The zero-order chi connectivity index (χ0) is 21.8. The van der Waals surface area contributed by atoms with E-state index in [1.54, 1.807) is 20.5 Å². The molecule has 0 bridgehead atoms. The molecule has 3 aromatic carbocycles.